The standard InChI is InChI=1S/C29H27N5/c1-33-15-17-34(18-16-33)27-12-10-24(20-31-27)23-9-11-26-25(19-23)28-22(13-14-30-29(28)32-26)8-7-21-5-3-2-4-6-21/h2-14,19-20H,15-18H2,1H3,(H,30,32)/b8-7+. The summed E-state index contributed by atoms with van der Waals surface area (Å²) < 4.78 is 0. The minimum Gasteiger partial charge on any atom is -0.354 e. The van der Waals surface area contributed by atoms with Crippen LogP contribution in [0.25, 0.3) is 45.2 Å². The highest BCUT2D eigenvalue weighted by Crippen LogP contribution is 2.32. The molecule has 5 aromatic rings. The fourth-order valence-electron chi connectivity index (χ4n) is 4.69. The van der Waals surface area contributed by atoms with Crippen LogP contribution < -0.4 is 4.90 Å². The zero-order valence-corrected chi connectivity index (χ0v) is 19.3. The largest absolute Gasteiger partial charge is 0.354 e. The van der Waals surface area contributed by atoms with Crippen molar-refractivity contribution in [2.24, 2.45) is 0 Å². The number of H-pyrrole nitrogens is 1. The Kier molecular flexibility index (Phi) is 5.32. The highest BCUT2D eigenvalue weighted by Gasteiger charge is 2.15. The number of aromatic nitrogens is 3. The van der Waals surface area contributed by atoms with Crippen molar-refractivity contribution in [1.82, 2.24) is 19.9 Å². The van der Waals surface area contributed by atoms with Crippen LogP contribution in [-0.2, 0) is 0 Å². The van der Waals surface area contributed by atoms with Crippen molar-refractivity contribution in [2.75, 3.05) is 38.1 Å². The van der Waals surface area contributed by atoms with E-state index in [1.165, 1.54) is 10.9 Å². The Morgan fingerprint density at radius 1 is 0.824 bits per heavy atom. The molecule has 0 radical (unpaired) electrons. The highest BCUT2D eigenvalue weighted by atomic mass is 15.3. The van der Waals surface area contributed by atoms with Gasteiger partial charge in [0.25, 0.3) is 0 Å². The van der Waals surface area contributed by atoms with E-state index in [0.29, 0.717) is 0 Å². The molecule has 1 aliphatic rings. The Bertz CT molecular complexity index is 1460. The van der Waals surface area contributed by atoms with E-state index < -0.39 is 0 Å². The van der Waals surface area contributed by atoms with Gasteiger partial charge < -0.3 is 14.8 Å². The van der Waals surface area contributed by atoms with Crippen LogP contribution in [0, 0.1) is 0 Å². The third kappa shape index (κ3) is 3.95. The quantitative estimate of drug-likeness (QED) is 0.385. The van der Waals surface area contributed by atoms with Gasteiger partial charge in [-0.05, 0) is 54.1 Å². The van der Waals surface area contributed by atoms with Crippen LogP contribution in [0.15, 0.2) is 79.1 Å². The molecule has 0 spiro atoms. The van der Waals surface area contributed by atoms with Crippen molar-refractivity contribution in [3.63, 3.8) is 0 Å². The van der Waals surface area contributed by atoms with Gasteiger partial charge in [-0.2, -0.15) is 0 Å². The lowest BCUT2D eigenvalue weighted by atomic mass is 10.0. The number of hydrogen-bond acceptors (Lipinski definition) is 4. The second-order valence-corrected chi connectivity index (χ2v) is 8.95. The van der Waals surface area contributed by atoms with Crippen molar-refractivity contribution in [1.29, 1.82) is 0 Å². The molecule has 3 aromatic heterocycles. The predicted octanol–water partition coefficient (Wildman–Crippen LogP) is 5.70. The molecule has 5 nitrogen and oxygen atoms in total. The lowest BCUT2D eigenvalue weighted by Gasteiger charge is -2.33. The molecule has 1 N–H and O–H groups in total. The summed E-state index contributed by atoms with van der Waals surface area (Å²) in [5, 5.41) is 2.32. The van der Waals surface area contributed by atoms with Crippen molar-refractivity contribution in [2.45, 2.75) is 0 Å². The van der Waals surface area contributed by atoms with Crippen LogP contribution >= 0.6 is 0 Å². The Balaban J connectivity index is 1.36. The number of piperazine rings is 1. The Hall–Kier alpha value is -3.96. The summed E-state index contributed by atoms with van der Waals surface area (Å²) in [5.74, 6) is 1.06. The van der Waals surface area contributed by atoms with E-state index in [1.807, 2.05) is 18.5 Å². The molecule has 5 heteroatoms. The Labute approximate surface area is 199 Å². The first-order chi connectivity index (χ1) is 16.7. The first kappa shape index (κ1) is 20.6. The molecule has 1 saturated heterocycles. The molecule has 2 aromatic carbocycles. The number of nitrogens with one attached hydrogen (secondary N) is 1. The number of aromatic amines is 1. The number of benzene rings is 2. The summed E-state index contributed by atoms with van der Waals surface area (Å²) in [6, 6.07) is 23.3. The number of nitrogens with zero attached hydrogens (tertiary/aromatic N) is 4. The molecular weight excluding hydrogens is 418 g/mol. The minimum atomic E-state index is 0.908. The number of rotatable bonds is 4. The van der Waals surface area contributed by atoms with Crippen molar-refractivity contribution in [3.05, 3.63) is 90.3 Å². The molecule has 168 valence electrons. The molecule has 0 bridgehead atoms. The first-order valence-electron chi connectivity index (χ1n) is 11.8. The molecule has 0 saturated carbocycles. The first-order valence-corrected chi connectivity index (χ1v) is 11.8. The van der Waals surface area contributed by atoms with Gasteiger partial charge in [0, 0.05) is 60.4 Å². The maximum atomic E-state index is 4.79. The molecule has 0 unspecified atom stereocenters. The van der Waals surface area contributed by atoms with E-state index in [-0.39, 0.29) is 0 Å². The highest BCUT2D eigenvalue weighted by molar-refractivity contribution is 6.11. The second kappa shape index (κ2) is 8.76. The van der Waals surface area contributed by atoms with Crippen LogP contribution in [0.4, 0.5) is 5.82 Å². The molecule has 34 heavy (non-hydrogen) atoms. The lowest BCUT2D eigenvalue weighted by molar-refractivity contribution is 0.312. The lowest BCUT2D eigenvalue weighted by Crippen LogP contribution is -2.44. The molecule has 0 atom stereocenters. The minimum absolute atomic E-state index is 0.908. The van der Waals surface area contributed by atoms with Crippen molar-refractivity contribution >= 4 is 39.9 Å². The maximum absolute atomic E-state index is 4.79. The zero-order valence-electron chi connectivity index (χ0n) is 19.3. The summed E-state index contributed by atoms with van der Waals surface area (Å²) in [7, 11) is 2.17. The summed E-state index contributed by atoms with van der Waals surface area (Å²) in [4.78, 5) is 17.6. The monoisotopic (exact) mass is 445 g/mol. The maximum Gasteiger partial charge on any atom is 0.138 e. The van der Waals surface area contributed by atoms with Gasteiger partial charge in [0.05, 0.1) is 0 Å². The molecule has 0 aliphatic carbocycles. The van der Waals surface area contributed by atoms with Crippen molar-refractivity contribution in [3.8, 4) is 11.1 Å². The third-order valence-electron chi connectivity index (χ3n) is 6.69. The number of anilines is 1. The summed E-state index contributed by atoms with van der Waals surface area (Å²) in [6.07, 6.45) is 8.19. The smallest absolute Gasteiger partial charge is 0.138 e. The van der Waals surface area contributed by atoms with E-state index in [2.05, 4.69) is 99.6 Å². The predicted molar refractivity (Wildman–Crippen MR) is 142 cm³/mol. The van der Waals surface area contributed by atoms with Gasteiger partial charge in [0.15, 0.2) is 0 Å². The Morgan fingerprint density at radius 3 is 2.44 bits per heavy atom. The van der Waals surface area contributed by atoms with Crippen LogP contribution in [0.5, 0.6) is 0 Å². The molecular formula is C29H27N5. The van der Waals surface area contributed by atoms with Crippen LogP contribution in [0.2, 0.25) is 0 Å². The van der Waals surface area contributed by atoms with Crippen LogP contribution in [-0.4, -0.2) is 53.1 Å². The number of fused-ring (bicyclic) bond motifs is 3. The second-order valence-electron chi connectivity index (χ2n) is 8.95. The fraction of sp³-hybridized carbons (Fsp3) is 0.172. The van der Waals surface area contributed by atoms with E-state index in [4.69, 9.17) is 4.98 Å². The molecule has 1 aliphatic heterocycles. The van der Waals surface area contributed by atoms with E-state index >= 15 is 0 Å². The number of pyridine rings is 2. The molecule has 0 amide bonds. The zero-order chi connectivity index (χ0) is 22.9. The van der Waals surface area contributed by atoms with Gasteiger partial charge in [0.2, 0.25) is 0 Å². The summed E-state index contributed by atoms with van der Waals surface area (Å²) >= 11 is 0. The summed E-state index contributed by atoms with van der Waals surface area (Å²) in [6.45, 7) is 4.21. The van der Waals surface area contributed by atoms with Gasteiger partial charge in [-0.25, -0.2) is 9.97 Å². The van der Waals surface area contributed by atoms with Gasteiger partial charge in [-0.15, -0.1) is 0 Å². The summed E-state index contributed by atoms with van der Waals surface area (Å²) in [5.41, 5.74) is 6.62. The van der Waals surface area contributed by atoms with E-state index in [9.17, 15) is 0 Å². The van der Waals surface area contributed by atoms with E-state index in [0.717, 1.165) is 65.2 Å². The third-order valence-corrected chi connectivity index (χ3v) is 6.69. The number of likely N-dealkylation sites (N-methyl/N-ethyl adjacent to an activating group) is 1. The molecule has 6 rings (SSSR count). The van der Waals surface area contributed by atoms with Crippen LogP contribution in [0.3, 0.4) is 0 Å². The van der Waals surface area contributed by atoms with E-state index in [1.54, 1.807) is 0 Å². The molecule has 4 heterocycles. The SMILES string of the molecule is CN1CCN(c2ccc(-c3ccc4[nH]c5nccc(/C=C/c6ccccc6)c5c4c3)cn2)CC1. The van der Waals surface area contributed by atoms with Gasteiger partial charge in [0.1, 0.15) is 11.5 Å². The van der Waals surface area contributed by atoms with Crippen molar-refractivity contribution < 1.29 is 0 Å². The molecule has 1 fully saturated rings. The average Bonchev–Trinajstić information content (AvgIpc) is 3.27. The van der Waals surface area contributed by atoms with Crippen LogP contribution in [0.1, 0.15) is 11.1 Å². The average molecular weight is 446 g/mol. The topological polar surface area (TPSA) is 48.0 Å². The Morgan fingerprint density at radius 2 is 1.65 bits per heavy atom. The van der Waals surface area contributed by atoms with Gasteiger partial charge in [-0.3, -0.25) is 0 Å². The fourth-order valence-corrected chi connectivity index (χ4v) is 4.69. The van der Waals surface area contributed by atoms with Gasteiger partial charge in [-0.1, -0.05) is 48.6 Å². The van der Waals surface area contributed by atoms with Gasteiger partial charge >= 0.3 is 0 Å². The number of hydrogen-bond donors (Lipinski definition) is 1. The normalized spacial score (nSPS) is 15.0.